The zero-order valence-corrected chi connectivity index (χ0v) is 19.5. The highest BCUT2D eigenvalue weighted by atomic mass is 32.2. The van der Waals surface area contributed by atoms with Gasteiger partial charge in [-0.3, -0.25) is 29.1 Å². The van der Waals surface area contributed by atoms with Gasteiger partial charge in [0.05, 0.1) is 0 Å². The van der Waals surface area contributed by atoms with Gasteiger partial charge in [-0.05, 0) is 42.3 Å². The molecule has 3 amide bonds. The summed E-state index contributed by atoms with van der Waals surface area (Å²) in [4.78, 5) is 67.4. The number of hydrogen-bond acceptors (Lipinski definition) is 9. The number of amides is 3. The number of carbonyl (C=O) groups excluding carboxylic acids is 4. The molecule has 1 aliphatic carbocycles. The van der Waals surface area contributed by atoms with Crippen LogP contribution < -0.4 is 11.1 Å². The van der Waals surface area contributed by atoms with Crippen LogP contribution in [0.5, 0.6) is 5.75 Å². The number of thioether (sulfide) groups is 1. The van der Waals surface area contributed by atoms with Crippen LogP contribution in [0.1, 0.15) is 18.5 Å². The Morgan fingerprint density at radius 2 is 1.83 bits per heavy atom. The third kappa shape index (κ3) is 4.24. The first-order valence-corrected chi connectivity index (χ1v) is 11.6. The van der Waals surface area contributed by atoms with Crippen LogP contribution in [-0.2, 0) is 24.0 Å². The first-order valence-electron chi connectivity index (χ1n) is 10.5. The summed E-state index contributed by atoms with van der Waals surface area (Å²) < 4.78 is 0. The molecule has 1 aromatic carbocycles. The predicted octanol–water partition coefficient (Wildman–Crippen LogP) is 0.0691. The van der Waals surface area contributed by atoms with Crippen LogP contribution in [0.25, 0.3) is 0 Å². The first kappa shape index (κ1) is 24.7. The molecule has 2 heterocycles. The number of benzene rings is 1. The number of carbonyl (C=O) groups is 5. The van der Waals surface area contributed by atoms with Crippen LogP contribution in [0.3, 0.4) is 0 Å². The molecule has 1 aromatic rings. The van der Waals surface area contributed by atoms with Crippen molar-refractivity contribution in [2.45, 2.75) is 24.4 Å². The van der Waals surface area contributed by atoms with Gasteiger partial charge in [0.15, 0.2) is 6.04 Å². The number of ketones is 1. The van der Waals surface area contributed by atoms with Crippen LogP contribution in [0.15, 0.2) is 64.0 Å². The summed E-state index contributed by atoms with van der Waals surface area (Å²) in [5.41, 5.74) is 4.78. The molecule has 0 bridgehead atoms. The lowest BCUT2D eigenvalue weighted by Crippen LogP contribution is -2.70. The lowest BCUT2D eigenvalue weighted by Gasteiger charge is -2.49. The molecule has 6 N–H and O–H groups in total. The zero-order chi connectivity index (χ0) is 26.3. The quantitative estimate of drug-likeness (QED) is 0.258. The number of nitrogens with zero attached hydrogens (tertiary/aromatic N) is 2. The van der Waals surface area contributed by atoms with Crippen LogP contribution in [0.4, 0.5) is 0 Å². The number of β-lactam (4-membered cyclic amide) rings is 1. The molecule has 2 aliphatic heterocycles. The van der Waals surface area contributed by atoms with Gasteiger partial charge in [0.2, 0.25) is 11.7 Å². The van der Waals surface area contributed by atoms with E-state index in [4.69, 9.17) is 5.73 Å². The minimum absolute atomic E-state index is 0.107. The number of primary amides is 1. The van der Waals surface area contributed by atoms with E-state index in [0.717, 1.165) is 17.1 Å². The minimum atomic E-state index is -1.48. The second-order valence-electron chi connectivity index (χ2n) is 8.12. The van der Waals surface area contributed by atoms with Crippen LogP contribution in [-0.4, -0.2) is 72.6 Å². The van der Waals surface area contributed by atoms with Crippen molar-refractivity contribution in [2.24, 2.45) is 10.7 Å². The van der Waals surface area contributed by atoms with E-state index >= 15 is 0 Å². The third-order valence-corrected chi connectivity index (χ3v) is 7.16. The van der Waals surface area contributed by atoms with E-state index in [1.165, 1.54) is 36.0 Å². The number of nitrogens with one attached hydrogen (secondary N) is 1. The molecule has 3 aliphatic rings. The molecule has 4 rings (SSSR count). The van der Waals surface area contributed by atoms with E-state index in [-0.39, 0.29) is 17.0 Å². The van der Waals surface area contributed by atoms with Crippen molar-refractivity contribution >= 4 is 46.9 Å². The van der Waals surface area contributed by atoms with Gasteiger partial charge in [-0.1, -0.05) is 12.1 Å². The van der Waals surface area contributed by atoms with Gasteiger partial charge in [0, 0.05) is 5.75 Å². The average molecular weight is 513 g/mol. The normalized spacial score (nSPS) is 23.4. The summed E-state index contributed by atoms with van der Waals surface area (Å²) in [6.45, 7) is 1.61. The number of rotatable bonds is 6. The Morgan fingerprint density at radius 3 is 2.44 bits per heavy atom. The maximum Gasteiger partial charge on any atom is 0.352 e. The molecule has 0 aromatic heterocycles. The number of aliphatic hydroxyl groups is 1. The average Bonchev–Trinajstić information content (AvgIpc) is 2.82. The van der Waals surface area contributed by atoms with Crippen molar-refractivity contribution in [3.63, 3.8) is 0 Å². The van der Waals surface area contributed by atoms with E-state index in [2.05, 4.69) is 10.3 Å². The van der Waals surface area contributed by atoms with Gasteiger partial charge < -0.3 is 26.4 Å². The highest BCUT2D eigenvalue weighted by molar-refractivity contribution is 8.00. The second-order valence-corrected chi connectivity index (χ2v) is 9.23. The maximum atomic E-state index is 13.4. The number of aliphatic carboxylic acids is 1. The Balaban J connectivity index is 1.68. The minimum Gasteiger partial charge on any atom is -0.508 e. The fraction of sp³-hybridized carbons (Fsp3) is 0.217. The maximum absolute atomic E-state index is 13.4. The van der Waals surface area contributed by atoms with Gasteiger partial charge in [-0.2, -0.15) is 0 Å². The number of carboxylic acid groups (broad SMARTS) is 1. The van der Waals surface area contributed by atoms with E-state index in [1.54, 1.807) is 6.92 Å². The van der Waals surface area contributed by atoms with Crippen molar-refractivity contribution in [3.05, 3.63) is 64.6 Å². The Hall–Kier alpha value is -4.39. The van der Waals surface area contributed by atoms with Gasteiger partial charge in [0.1, 0.15) is 39.9 Å². The summed E-state index contributed by atoms with van der Waals surface area (Å²) in [7, 11) is 0. The number of aliphatic imine (C=N–C) groups is 1. The largest absolute Gasteiger partial charge is 0.508 e. The number of carboxylic acids is 1. The summed E-state index contributed by atoms with van der Waals surface area (Å²) in [6, 6.07) is 2.73. The van der Waals surface area contributed by atoms with Crippen molar-refractivity contribution < 1.29 is 39.3 Å². The standard InChI is InChI=1S/C23H20N4O8S/c1-9-8-36-22-17(21(33)27(22)18(9)23(34)35)26-20(32)15(10-2-4-11(28)5-3-10)25-16-13(30)7-6-12(29)14(16)19(24)31/h2-7,15,17,22,28-29H,8H2,1H3,(H2,24,31)(H,26,32)(H,34,35)/t15-,17-,22-/m1/s1. The molecular weight excluding hydrogens is 492 g/mol. The highest BCUT2D eigenvalue weighted by Crippen LogP contribution is 2.40. The first-order chi connectivity index (χ1) is 17.0. The van der Waals surface area contributed by atoms with E-state index < -0.39 is 64.0 Å². The molecule has 0 spiro atoms. The predicted molar refractivity (Wildman–Crippen MR) is 127 cm³/mol. The van der Waals surface area contributed by atoms with E-state index in [1.807, 2.05) is 0 Å². The van der Waals surface area contributed by atoms with Gasteiger partial charge >= 0.3 is 5.97 Å². The SMILES string of the molecule is CC1=C(C(=O)O)N2C(=O)[C@@H](NC(=O)[C@H](N=C3C(=O)C=CC(O)=C3C(N)=O)c3ccc(O)cc3)[C@H]2SC1. The third-order valence-electron chi connectivity index (χ3n) is 5.74. The summed E-state index contributed by atoms with van der Waals surface area (Å²) >= 11 is 1.28. The van der Waals surface area contributed by atoms with Crippen molar-refractivity contribution in [3.8, 4) is 5.75 Å². The van der Waals surface area contributed by atoms with Crippen molar-refractivity contribution in [2.75, 3.05) is 5.75 Å². The van der Waals surface area contributed by atoms with Crippen LogP contribution >= 0.6 is 11.8 Å². The fourth-order valence-electron chi connectivity index (χ4n) is 4.01. The van der Waals surface area contributed by atoms with Crippen LogP contribution in [0, 0.1) is 0 Å². The molecule has 0 unspecified atom stereocenters. The Kier molecular flexibility index (Phi) is 6.41. The summed E-state index contributed by atoms with van der Waals surface area (Å²) in [6.07, 6.45) is 1.94. The monoisotopic (exact) mass is 512 g/mol. The molecule has 0 radical (unpaired) electrons. The molecule has 0 saturated carbocycles. The highest BCUT2D eigenvalue weighted by Gasteiger charge is 2.54. The molecule has 13 heteroatoms. The smallest absolute Gasteiger partial charge is 0.352 e. The lowest BCUT2D eigenvalue weighted by atomic mass is 9.97. The zero-order valence-electron chi connectivity index (χ0n) is 18.7. The number of phenolic OH excluding ortho intramolecular Hbond substituents is 1. The number of hydrogen-bond donors (Lipinski definition) is 5. The number of aromatic hydroxyl groups is 1. The second kappa shape index (κ2) is 9.34. The number of phenols is 1. The van der Waals surface area contributed by atoms with Gasteiger partial charge in [-0.25, -0.2) is 4.79 Å². The molecule has 186 valence electrons. The molecule has 1 saturated heterocycles. The van der Waals surface area contributed by atoms with Gasteiger partial charge in [-0.15, -0.1) is 11.8 Å². The van der Waals surface area contributed by atoms with E-state index in [0.29, 0.717) is 11.3 Å². The van der Waals surface area contributed by atoms with E-state index in [9.17, 15) is 39.3 Å². The fourth-order valence-corrected chi connectivity index (χ4v) is 5.30. The number of allylic oxidation sites excluding steroid dienone is 2. The van der Waals surface area contributed by atoms with Crippen molar-refractivity contribution in [1.29, 1.82) is 0 Å². The molecular formula is C23H20N4O8S. The molecule has 36 heavy (non-hydrogen) atoms. The number of nitrogens with two attached hydrogens (primary N) is 1. The Morgan fingerprint density at radius 1 is 1.17 bits per heavy atom. The number of aliphatic hydroxyl groups excluding tert-OH is 1. The van der Waals surface area contributed by atoms with Crippen molar-refractivity contribution in [1.82, 2.24) is 10.2 Å². The lowest BCUT2D eigenvalue weighted by molar-refractivity contribution is -0.150. The molecule has 1 fully saturated rings. The molecule has 3 atom stereocenters. The summed E-state index contributed by atoms with van der Waals surface area (Å²) in [5, 5.41) is 31.1. The Labute approximate surface area is 207 Å². The van der Waals surface area contributed by atoms with Gasteiger partial charge in [0.25, 0.3) is 11.8 Å². The van der Waals surface area contributed by atoms with Crippen LogP contribution in [0.2, 0.25) is 0 Å². The molecule has 12 nitrogen and oxygen atoms in total. The Bertz CT molecular complexity index is 1330. The summed E-state index contributed by atoms with van der Waals surface area (Å²) in [5.74, 6) is -4.99. The number of fused-ring (bicyclic) bond motifs is 1. The topological polar surface area (TPSA) is 200 Å².